The third kappa shape index (κ3) is 11.5. The molecule has 39 heavy (non-hydrogen) atoms. The summed E-state index contributed by atoms with van der Waals surface area (Å²) in [4.78, 5) is 83.0. The lowest BCUT2D eigenvalue weighted by molar-refractivity contribution is -0.155. The molecule has 0 aliphatic heterocycles. The molecule has 0 heterocycles. The van der Waals surface area contributed by atoms with Crippen LogP contribution in [0.4, 0.5) is 5.69 Å². The topological polar surface area (TPSA) is 193 Å². The Balaban J connectivity index is 3.26. The van der Waals surface area contributed by atoms with Crippen LogP contribution in [0.2, 0.25) is 0 Å². The van der Waals surface area contributed by atoms with E-state index in [0.29, 0.717) is 0 Å². The van der Waals surface area contributed by atoms with Crippen molar-refractivity contribution in [1.82, 2.24) is 10.6 Å². The lowest BCUT2D eigenvalue weighted by Gasteiger charge is -2.20. The first kappa shape index (κ1) is 34.9. The van der Waals surface area contributed by atoms with Crippen molar-refractivity contribution in [3.63, 3.8) is 0 Å². The van der Waals surface area contributed by atoms with Crippen molar-refractivity contribution >= 4 is 109 Å². The number of rotatable bonds is 13. The second-order valence-corrected chi connectivity index (χ2v) is 10.9. The number of nitroso groups, excluding NO2 is 1. The van der Waals surface area contributed by atoms with Gasteiger partial charge in [0.25, 0.3) is 11.8 Å². The average molecular weight is 887 g/mol. The van der Waals surface area contributed by atoms with E-state index < -0.39 is 47.9 Å². The van der Waals surface area contributed by atoms with Crippen LogP contribution in [0.25, 0.3) is 0 Å². The largest absolute Gasteiger partial charge is 0.462 e. The summed E-state index contributed by atoms with van der Waals surface area (Å²) in [7, 11) is 0. The summed E-state index contributed by atoms with van der Waals surface area (Å²) < 4.78 is 20.3. The van der Waals surface area contributed by atoms with Crippen LogP contribution in [0.3, 0.4) is 0 Å². The predicted molar refractivity (Wildman–Crippen MR) is 159 cm³/mol. The zero-order valence-corrected chi connectivity index (χ0v) is 27.5. The fourth-order valence-electron chi connectivity index (χ4n) is 2.88. The molecule has 0 spiro atoms. The van der Waals surface area contributed by atoms with Gasteiger partial charge >= 0.3 is 23.9 Å². The maximum atomic E-state index is 13.2. The summed E-state index contributed by atoms with van der Waals surface area (Å²) in [6.45, 7) is 3.56. The number of carbonyl (C=O) groups excluding carboxylic acids is 6. The SMILES string of the molecule is CC(=O)OCC(CNC(=O)c1c(I)c(N=O)c(I)c(C(=O)NCC(COC(C)=O)OC(C)=O)c1I)OC(C)=O. The summed E-state index contributed by atoms with van der Waals surface area (Å²) in [6.07, 6.45) is -1.98. The highest BCUT2D eigenvalue weighted by atomic mass is 127. The monoisotopic (exact) mass is 887 g/mol. The first-order chi connectivity index (χ1) is 18.2. The number of halogens is 3. The molecule has 0 aliphatic carbocycles. The van der Waals surface area contributed by atoms with E-state index in [9.17, 15) is 33.7 Å². The summed E-state index contributed by atoms with van der Waals surface area (Å²) >= 11 is 5.29. The first-order valence-electron chi connectivity index (χ1n) is 10.9. The molecule has 0 fully saturated rings. The Hall–Kier alpha value is -2.17. The molecular weight excluding hydrogens is 863 g/mol. The molecule has 2 N–H and O–H groups in total. The zero-order valence-electron chi connectivity index (χ0n) is 21.1. The Labute approximate surface area is 263 Å². The average Bonchev–Trinajstić information content (AvgIpc) is 2.82. The van der Waals surface area contributed by atoms with Gasteiger partial charge in [-0.05, 0) is 72.9 Å². The van der Waals surface area contributed by atoms with Crippen LogP contribution in [-0.2, 0) is 38.1 Å². The van der Waals surface area contributed by atoms with Gasteiger partial charge in [0.15, 0.2) is 12.2 Å². The van der Waals surface area contributed by atoms with Gasteiger partial charge in [0.2, 0.25) is 0 Å². The first-order valence-corrected chi connectivity index (χ1v) is 14.1. The van der Waals surface area contributed by atoms with E-state index in [0.717, 1.165) is 13.8 Å². The van der Waals surface area contributed by atoms with Crippen LogP contribution < -0.4 is 10.6 Å². The van der Waals surface area contributed by atoms with Crippen molar-refractivity contribution in [2.75, 3.05) is 26.3 Å². The summed E-state index contributed by atoms with van der Waals surface area (Å²) in [5.74, 6) is -3.97. The molecule has 14 nitrogen and oxygen atoms in total. The Bertz CT molecular complexity index is 1080. The zero-order chi connectivity index (χ0) is 29.9. The number of esters is 4. The second-order valence-electron chi connectivity index (χ2n) is 7.62. The number of nitrogens with zero attached hydrogens (tertiary/aromatic N) is 1. The molecule has 0 aromatic heterocycles. The Morgan fingerprint density at radius 2 is 1.03 bits per heavy atom. The third-order valence-electron chi connectivity index (χ3n) is 4.43. The number of amides is 2. The lowest BCUT2D eigenvalue weighted by atomic mass is 10.1. The van der Waals surface area contributed by atoms with E-state index >= 15 is 0 Å². The van der Waals surface area contributed by atoms with Crippen molar-refractivity contribution < 1.29 is 47.7 Å². The fraction of sp³-hybridized carbons (Fsp3) is 0.455. The standard InChI is InChI=1S/C22H24I3N3O11/c1-9(29)36-7-13(38-11(3)31)5-26-21(33)15-17(23)16(19(25)20(28-35)18(15)24)22(34)27-6-14(39-12(4)32)8-37-10(2)30/h13-14H,5-8H2,1-4H3,(H,26,33)(H,27,34). The number of carbonyl (C=O) groups is 6. The Kier molecular flexibility index (Phi) is 15.0. The normalized spacial score (nSPS) is 11.9. The van der Waals surface area contributed by atoms with Crippen LogP contribution in [-0.4, -0.2) is 74.2 Å². The molecule has 0 bridgehead atoms. The predicted octanol–water partition coefficient (Wildman–Crippen LogP) is 2.35. The smallest absolute Gasteiger partial charge is 0.303 e. The van der Waals surface area contributed by atoms with Gasteiger partial charge in [0.05, 0.1) is 31.4 Å². The van der Waals surface area contributed by atoms with Gasteiger partial charge in [0.1, 0.15) is 18.9 Å². The quantitative estimate of drug-likeness (QED) is 0.128. The van der Waals surface area contributed by atoms with Crippen LogP contribution in [0.1, 0.15) is 48.4 Å². The van der Waals surface area contributed by atoms with Gasteiger partial charge < -0.3 is 29.6 Å². The molecule has 0 saturated heterocycles. The molecule has 2 atom stereocenters. The molecule has 1 aromatic carbocycles. The molecule has 0 aliphatic rings. The lowest BCUT2D eigenvalue weighted by Crippen LogP contribution is -2.39. The molecule has 1 aromatic rings. The van der Waals surface area contributed by atoms with E-state index in [2.05, 4.69) is 15.8 Å². The molecule has 1 rings (SSSR count). The minimum absolute atomic E-state index is 0.0399. The van der Waals surface area contributed by atoms with Crippen LogP contribution in [0.5, 0.6) is 0 Å². The van der Waals surface area contributed by atoms with Crippen LogP contribution in [0, 0.1) is 15.6 Å². The van der Waals surface area contributed by atoms with Crippen molar-refractivity contribution in [2.45, 2.75) is 39.9 Å². The fourth-order valence-corrected chi connectivity index (χ4v) is 7.22. The van der Waals surface area contributed by atoms with Gasteiger partial charge in [-0.1, -0.05) is 0 Å². The minimum Gasteiger partial charge on any atom is -0.462 e. The van der Waals surface area contributed by atoms with Crippen molar-refractivity contribution in [3.8, 4) is 0 Å². The molecule has 214 valence electrons. The Morgan fingerprint density at radius 3 is 1.31 bits per heavy atom. The highest BCUT2D eigenvalue weighted by Gasteiger charge is 2.29. The number of nitrogens with one attached hydrogen (secondary N) is 2. The number of hydrogen-bond acceptors (Lipinski definition) is 12. The molecule has 0 saturated carbocycles. The molecule has 2 amide bonds. The van der Waals surface area contributed by atoms with Gasteiger partial charge in [0, 0.05) is 31.3 Å². The maximum Gasteiger partial charge on any atom is 0.303 e. The van der Waals surface area contributed by atoms with Gasteiger partial charge in [-0.25, -0.2) is 0 Å². The van der Waals surface area contributed by atoms with E-state index in [1.165, 1.54) is 13.8 Å². The van der Waals surface area contributed by atoms with Crippen molar-refractivity contribution in [1.29, 1.82) is 0 Å². The molecule has 0 radical (unpaired) electrons. The molecule has 17 heteroatoms. The van der Waals surface area contributed by atoms with Gasteiger partial charge in [-0.3, -0.25) is 28.8 Å². The van der Waals surface area contributed by atoms with Crippen molar-refractivity contribution in [2.24, 2.45) is 5.18 Å². The Morgan fingerprint density at radius 1 is 0.667 bits per heavy atom. The molecule has 2 unspecified atom stereocenters. The number of benzene rings is 1. The maximum absolute atomic E-state index is 13.2. The number of ether oxygens (including phenoxy) is 4. The van der Waals surface area contributed by atoms with E-state index in [4.69, 9.17) is 18.9 Å². The van der Waals surface area contributed by atoms with E-state index in [-0.39, 0.29) is 53.8 Å². The summed E-state index contributed by atoms with van der Waals surface area (Å²) in [6, 6.07) is 0. The third-order valence-corrected chi connectivity index (χ3v) is 7.61. The van der Waals surface area contributed by atoms with Crippen LogP contribution in [0.15, 0.2) is 5.18 Å². The summed E-state index contributed by atoms with van der Waals surface area (Å²) in [5.41, 5.74) is -0.233. The van der Waals surface area contributed by atoms with Crippen molar-refractivity contribution in [3.05, 3.63) is 26.7 Å². The van der Waals surface area contributed by atoms with Gasteiger partial charge in [-0.15, -0.1) is 4.91 Å². The van der Waals surface area contributed by atoms with Gasteiger partial charge in [-0.2, -0.15) is 0 Å². The number of hydrogen-bond donors (Lipinski definition) is 2. The highest BCUT2D eigenvalue weighted by Crippen LogP contribution is 2.37. The van der Waals surface area contributed by atoms with E-state index in [1.54, 1.807) is 67.8 Å². The van der Waals surface area contributed by atoms with Crippen LogP contribution >= 0.6 is 67.8 Å². The second kappa shape index (κ2) is 16.8. The minimum atomic E-state index is -0.989. The summed E-state index contributed by atoms with van der Waals surface area (Å²) in [5, 5.41) is 8.07. The highest BCUT2D eigenvalue weighted by molar-refractivity contribution is 14.1. The van der Waals surface area contributed by atoms with E-state index in [1.807, 2.05) is 0 Å². The molecular formula is C22H24I3N3O11.